The van der Waals surface area contributed by atoms with E-state index in [0.29, 0.717) is 5.75 Å². The molecular weight excluding hydrogens is 255 g/mol. The van der Waals surface area contributed by atoms with E-state index >= 15 is 0 Å². The summed E-state index contributed by atoms with van der Waals surface area (Å²) in [7, 11) is 0. The number of benzene rings is 1. The molecule has 0 radical (unpaired) electrons. The van der Waals surface area contributed by atoms with Crippen LogP contribution in [0.2, 0.25) is 0 Å². The molecule has 0 amide bonds. The van der Waals surface area contributed by atoms with Crippen molar-refractivity contribution in [2.75, 3.05) is 0 Å². The van der Waals surface area contributed by atoms with Crippen LogP contribution in [0.25, 0.3) is 0 Å². The topological polar surface area (TPSA) is 35.2 Å². The van der Waals surface area contributed by atoms with Gasteiger partial charge in [0.05, 0.1) is 5.56 Å². The quantitative estimate of drug-likeness (QED) is 0.833. The molecule has 1 aromatic rings. The average molecular weight is 273 g/mol. The van der Waals surface area contributed by atoms with Crippen molar-refractivity contribution in [2.24, 2.45) is 5.73 Å². The van der Waals surface area contributed by atoms with Gasteiger partial charge in [-0.1, -0.05) is 12.8 Å². The van der Waals surface area contributed by atoms with Gasteiger partial charge in [-0.2, -0.15) is 13.2 Å². The van der Waals surface area contributed by atoms with Crippen LogP contribution in [0.5, 0.6) is 5.75 Å². The lowest BCUT2D eigenvalue weighted by molar-refractivity contribution is -0.137. The van der Waals surface area contributed by atoms with Gasteiger partial charge in [0.1, 0.15) is 11.9 Å². The molecule has 1 aromatic carbocycles. The van der Waals surface area contributed by atoms with Crippen LogP contribution in [0.3, 0.4) is 0 Å². The first-order valence-corrected chi connectivity index (χ1v) is 6.56. The third kappa shape index (κ3) is 3.86. The van der Waals surface area contributed by atoms with Crippen molar-refractivity contribution in [3.63, 3.8) is 0 Å². The first-order valence-electron chi connectivity index (χ1n) is 6.56. The lowest BCUT2D eigenvalue weighted by Gasteiger charge is -2.23. The minimum absolute atomic E-state index is 0.0372. The standard InChI is InChI=1S/C14H18F3NO/c15-14(16,17)10-6-8-11(9-7-10)19-13-5-3-1-2-4-12(13)18/h6-9,12-13H,1-5,18H2. The van der Waals surface area contributed by atoms with Gasteiger partial charge in [-0.3, -0.25) is 0 Å². The number of rotatable bonds is 2. The van der Waals surface area contributed by atoms with Crippen molar-refractivity contribution >= 4 is 0 Å². The van der Waals surface area contributed by atoms with E-state index < -0.39 is 11.7 Å². The summed E-state index contributed by atoms with van der Waals surface area (Å²) in [6.45, 7) is 0. The second-order valence-corrected chi connectivity index (χ2v) is 4.98. The molecule has 1 aliphatic rings. The van der Waals surface area contributed by atoms with Gasteiger partial charge in [0, 0.05) is 6.04 Å². The Morgan fingerprint density at radius 1 is 1.00 bits per heavy atom. The highest BCUT2D eigenvalue weighted by Crippen LogP contribution is 2.31. The van der Waals surface area contributed by atoms with E-state index in [1.54, 1.807) is 0 Å². The van der Waals surface area contributed by atoms with Crippen LogP contribution in [-0.4, -0.2) is 12.1 Å². The molecular formula is C14H18F3NO. The van der Waals surface area contributed by atoms with E-state index in [-0.39, 0.29) is 12.1 Å². The van der Waals surface area contributed by atoms with Crippen LogP contribution >= 0.6 is 0 Å². The molecule has 2 rings (SSSR count). The molecule has 1 saturated carbocycles. The third-order valence-corrected chi connectivity index (χ3v) is 3.47. The van der Waals surface area contributed by atoms with Crippen molar-refractivity contribution in [1.29, 1.82) is 0 Å². The summed E-state index contributed by atoms with van der Waals surface area (Å²) in [4.78, 5) is 0. The van der Waals surface area contributed by atoms with Crippen molar-refractivity contribution in [1.82, 2.24) is 0 Å². The molecule has 0 aliphatic heterocycles. The third-order valence-electron chi connectivity index (χ3n) is 3.47. The second kappa shape index (κ2) is 5.82. The van der Waals surface area contributed by atoms with Crippen LogP contribution in [-0.2, 0) is 6.18 Å². The molecule has 1 fully saturated rings. The minimum atomic E-state index is -4.31. The van der Waals surface area contributed by atoms with Crippen molar-refractivity contribution in [3.05, 3.63) is 29.8 Å². The Kier molecular flexibility index (Phi) is 4.34. The summed E-state index contributed by atoms with van der Waals surface area (Å²) >= 11 is 0. The van der Waals surface area contributed by atoms with Crippen LogP contribution in [0.1, 0.15) is 37.7 Å². The van der Waals surface area contributed by atoms with E-state index in [0.717, 1.165) is 44.2 Å². The first-order chi connectivity index (χ1) is 8.97. The Balaban J connectivity index is 2.02. The van der Waals surface area contributed by atoms with Gasteiger partial charge in [0.25, 0.3) is 0 Å². The van der Waals surface area contributed by atoms with Crippen LogP contribution in [0.15, 0.2) is 24.3 Å². The lowest BCUT2D eigenvalue weighted by atomic mass is 10.1. The Hall–Kier alpha value is -1.23. The molecule has 2 N–H and O–H groups in total. The van der Waals surface area contributed by atoms with Gasteiger partial charge < -0.3 is 10.5 Å². The van der Waals surface area contributed by atoms with Gasteiger partial charge in [0.2, 0.25) is 0 Å². The number of hydrogen-bond donors (Lipinski definition) is 1. The minimum Gasteiger partial charge on any atom is -0.489 e. The van der Waals surface area contributed by atoms with E-state index in [4.69, 9.17) is 10.5 Å². The van der Waals surface area contributed by atoms with Crippen LogP contribution in [0.4, 0.5) is 13.2 Å². The Labute approximate surface area is 110 Å². The zero-order chi connectivity index (χ0) is 13.9. The molecule has 0 aromatic heterocycles. The predicted molar refractivity (Wildman–Crippen MR) is 66.9 cm³/mol. The second-order valence-electron chi connectivity index (χ2n) is 4.98. The summed E-state index contributed by atoms with van der Waals surface area (Å²) in [5.41, 5.74) is 5.36. The highest BCUT2D eigenvalue weighted by Gasteiger charge is 2.30. The smallest absolute Gasteiger partial charge is 0.416 e. The largest absolute Gasteiger partial charge is 0.489 e. The maximum atomic E-state index is 12.4. The van der Waals surface area contributed by atoms with Crippen molar-refractivity contribution in [3.8, 4) is 5.75 Å². The summed E-state index contributed by atoms with van der Waals surface area (Å²) in [5.74, 6) is 0.454. The lowest BCUT2D eigenvalue weighted by Crippen LogP contribution is -2.37. The van der Waals surface area contributed by atoms with E-state index in [1.807, 2.05) is 0 Å². The zero-order valence-corrected chi connectivity index (χ0v) is 10.6. The number of nitrogens with two attached hydrogens (primary N) is 1. The molecule has 106 valence electrons. The summed E-state index contributed by atoms with van der Waals surface area (Å²) in [6.07, 6.45) is 0.650. The monoisotopic (exact) mass is 273 g/mol. The molecule has 2 unspecified atom stereocenters. The number of hydrogen-bond acceptors (Lipinski definition) is 2. The first kappa shape index (κ1) is 14.2. The Bertz CT molecular complexity index is 402. The molecule has 0 bridgehead atoms. The molecule has 2 nitrogen and oxygen atoms in total. The number of halogens is 3. The van der Waals surface area contributed by atoms with E-state index in [1.165, 1.54) is 12.1 Å². The van der Waals surface area contributed by atoms with Crippen molar-refractivity contribution < 1.29 is 17.9 Å². The fraction of sp³-hybridized carbons (Fsp3) is 0.571. The van der Waals surface area contributed by atoms with Gasteiger partial charge >= 0.3 is 6.18 Å². The Morgan fingerprint density at radius 2 is 1.63 bits per heavy atom. The fourth-order valence-electron chi connectivity index (χ4n) is 2.35. The normalized spacial score (nSPS) is 24.8. The molecule has 5 heteroatoms. The summed E-state index contributed by atoms with van der Waals surface area (Å²) in [6, 6.07) is 4.76. The predicted octanol–water partition coefficient (Wildman–Crippen LogP) is 3.74. The summed E-state index contributed by atoms with van der Waals surface area (Å²) in [5, 5.41) is 0. The van der Waals surface area contributed by atoms with E-state index in [2.05, 4.69) is 0 Å². The van der Waals surface area contributed by atoms with Crippen LogP contribution in [0, 0.1) is 0 Å². The Morgan fingerprint density at radius 3 is 2.26 bits per heavy atom. The zero-order valence-electron chi connectivity index (χ0n) is 10.6. The van der Waals surface area contributed by atoms with Crippen LogP contribution < -0.4 is 10.5 Å². The fourth-order valence-corrected chi connectivity index (χ4v) is 2.35. The highest BCUT2D eigenvalue weighted by molar-refractivity contribution is 5.29. The van der Waals surface area contributed by atoms with Gasteiger partial charge in [0.15, 0.2) is 0 Å². The molecule has 19 heavy (non-hydrogen) atoms. The van der Waals surface area contributed by atoms with Gasteiger partial charge in [-0.15, -0.1) is 0 Å². The molecule has 1 aliphatic carbocycles. The van der Waals surface area contributed by atoms with Gasteiger partial charge in [-0.05, 0) is 43.5 Å². The number of alkyl halides is 3. The van der Waals surface area contributed by atoms with Gasteiger partial charge in [-0.25, -0.2) is 0 Å². The molecule has 2 atom stereocenters. The molecule has 0 spiro atoms. The SMILES string of the molecule is NC1CCCCCC1Oc1ccc(C(F)(F)F)cc1. The molecule has 0 heterocycles. The summed E-state index contributed by atoms with van der Waals surface area (Å²) < 4.78 is 43.0. The maximum Gasteiger partial charge on any atom is 0.416 e. The molecule has 0 saturated heterocycles. The highest BCUT2D eigenvalue weighted by atomic mass is 19.4. The average Bonchev–Trinajstić information content (AvgIpc) is 2.55. The van der Waals surface area contributed by atoms with Crippen molar-refractivity contribution in [2.45, 2.75) is 50.4 Å². The van der Waals surface area contributed by atoms with E-state index in [9.17, 15) is 13.2 Å². The number of ether oxygens (including phenoxy) is 1. The maximum absolute atomic E-state index is 12.4.